The summed E-state index contributed by atoms with van der Waals surface area (Å²) in [6.45, 7) is 0. The molecule has 104 valence electrons. The number of nitrogens with zero attached hydrogens (tertiary/aromatic N) is 1. The van der Waals surface area contributed by atoms with Crippen molar-refractivity contribution < 1.29 is 4.92 Å². The number of rotatable bonds is 4. The SMILES string of the molecule is CNc1cc(Nc2cc(Cl)ccc2Cl)cc([N+](=O)[O-])c1. The van der Waals surface area contributed by atoms with E-state index in [1.165, 1.54) is 12.1 Å². The van der Waals surface area contributed by atoms with Crippen molar-refractivity contribution in [3.05, 3.63) is 56.6 Å². The highest BCUT2D eigenvalue weighted by molar-refractivity contribution is 6.35. The van der Waals surface area contributed by atoms with Gasteiger partial charge in [-0.25, -0.2) is 0 Å². The highest BCUT2D eigenvalue weighted by Gasteiger charge is 2.10. The molecule has 0 aliphatic carbocycles. The summed E-state index contributed by atoms with van der Waals surface area (Å²) < 4.78 is 0. The molecule has 0 amide bonds. The maximum absolute atomic E-state index is 10.9. The first kappa shape index (κ1) is 14.4. The van der Waals surface area contributed by atoms with E-state index in [4.69, 9.17) is 23.2 Å². The third kappa shape index (κ3) is 3.31. The fourth-order valence-corrected chi connectivity index (χ4v) is 2.02. The largest absolute Gasteiger partial charge is 0.388 e. The molecule has 2 N–H and O–H groups in total. The van der Waals surface area contributed by atoms with Gasteiger partial charge in [-0.2, -0.15) is 0 Å². The average molecular weight is 312 g/mol. The van der Waals surface area contributed by atoms with Gasteiger partial charge in [0.05, 0.1) is 15.6 Å². The number of benzene rings is 2. The van der Waals surface area contributed by atoms with E-state index in [1.54, 1.807) is 31.3 Å². The van der Waals surface area contributed by atoms with Crippen molar-refractivity contribution >= 4 is 46.0 Å². The first-order chi connectivity index (χ1) is 9.49. The molecule has 0 aliphatic heterocycles. The van der Waals surface area contributed by atoms with Crippen LogP contribution >= 0.6 is 23.2 Å². The highest BCUT2D eigenvalue weighted by Crippen LogP contribution is 2.31. The van der Waals surface area contributed by atoms with Gasteiger partial charge in [0.15, 0.2) is 0 Å². The van der Waals surface area contributed by atoms with E-state index in [0.29, 0.717) is 27.1 Å². The lowest BCUT2D eigenvalue weighted by atomic mass is 10.2. The molecule has 0 unspecified atom stereocenters. The van der Waals surface area contributed by atoms with E-state index in [2.05, 4.69) is 10.6 Å². The zero-order valence-electron chi connectivity index (χ0n) is 10.5. The normalized spacial score (nSPS) is 10.2. The van der Waals surface area contributed by atoms with Gasteiger partial charge < -0.3 is 10.6 Å². The summed E-state index contributed by atoms with van der Waals surface area (Å²) in [7, 11) is 1.69. The minimum absolute atomic E-state index is 0.0162. The van der Waals surface area contributed by atoms with Crippen molar-refractivity contribution in [2.75, 3.05) is 17.7 Å². The summed E-state index contributed by atoms with van der Waals surface area (Å²) >= 11 is 12.0. The molecule has 0 atom stereocenters. The molecule has 0 saturated heterocycles. The second-order valence-corrected chi connectivity index (χ2v) is 4.87. The number of hydrogen-bond acceptors (Lipinski definition) is 4. The summed E-state index contributed by atoms with van der Waals surface area (Å²) in [4.78, 5) is 10.4. The zero-order chi connectivity index (χ0) is 14.7. The predicted molar refractivity (Wildman–Crippen MR) is 82.4 cm³/mol. The average Bonchev–Trinajstić information content (AvgIpc) is 2.42. The van der Waals surface area contributed by atoms with E-state index in [1.807, 2.05) is 0 Å². The monoisotopic (exact) mass is 311 g/mol. The van der Waals surface area contributed by atoms with Gasteiger partial charge in [-0.05, 0) is 24.3 Å². The quantitative estimate of drug-likeness (QED) is 0.635. The maximum Gasteiger partial charge on any atom is 0.273 e. The standard InChI is InChI=1S/C13H11Cl2N3O2/c1-16-9-5-10(7-11(6-9)18(19)20)17-13-4-8(14)2-3-12(13)15/h2-7,16-17H,1H3. The van der Waals surface area contributed by atoms with Crippen molar-refractivity contribution in [3.63, 3.8) is 0 Å². The summed E-state index contributed by atoms with van der Waals surface area (Å²) in [5, 5.41) is 17.8. The Hall–Kier alpha value is -1.98. The summed E-state index contributed by atoms with van der Waals surface area (Å²) in [6, 6.07) is 9.60. The number of nitro groups is 1. The van der Waals surface area contributed by atoms with Crippen LogP contribution in [0.15, 0.2) is 36.4 Å². The van der Waals surface area contributed by atoms with Crippen LogP contribution in [0, 0.1) is 10.1 Å². The lowest BCUT2D eigenvalue weighted by molar-refractivity contribution is -0.384. The van der Waals surface area contributed by atoms with Gasteiger partial charge in [-0.3, -0.25) is 10.1 Å². The number of hydrogen-bond donors (Lipinski definition) is 2. The molecule has 5 nitrogen and oxygen atoms in total. The predicted octanol–water partition coefficient (Wildman–Crippen LogP) is 4.69. The van der Waals surface area contributed by atoms with Gasteiger partial charge in [0, 0.05) is 35.6 Å². The summed E-state index contributed by atoms with van der Waals surface area (Å²) in [5.74, 6) is 0. The first-order valence-electron chi connectivity index (χ1n) is 5.69. The van der Waals surface area contributed by atoms with E-state index in [-0.39, 0.29) is 5.69 Å². The molecule has 0 bridgehead atoms. The second kappa shape index (κ2) is 5.98. The fraction of sp³-hybridized carbons (Fsp3) is 0.0769. The Balaban J connectivity index is 2.39. The second-order valence-electron chi connectivity index (χ2n) is 4.02. The number of halogens is 2. The Bertz CT molecular complexity index is 662. The van der Waals surface area contributed by atoms with Crippen LogP contribution in [-0.4, -0.2) is 12.0 Å². The van der Waals surface area contributed by atoms with Crippen LogP contribution in [0.1, 0.15) is 0 Å². The van der Waals surface area contributed by atoms with Crippen LogP contribution in [0.3, 0.4) is 0 Å². The van der Waals surface area contributed by atoms with Crippen LogP contribution in [0.5, 0.6) is 0 Å². The number of non-ortho nitro benzene ring substituents is 1. The zero-order valence-corrected chi connectivity index (χ0v) is 12.0. The molecule has 2 rings (SSSR count). The van der Waals surface area contributed by atoms with E-state index in [0.717, 1.165) is 0 Å². The topological polar surface area (TPSA) is 67.2 Å². The molecular formula is C13H11Cl2N3O2. The minimum Gasteiger partial charge on any atom is -0.388 e. The van der Waals surface area contributed by atoms with E-state index < -0.39 is 4.92 Å². The molecule has 2 aromatic rings. The Morgan fingerprint density at radius 1 is 1.10 bits per heavy atom. The molecular weight excluding hydrogens is 301 g/mol. The molecule has 0 heterocycles. The Kier molecular flexibility index (Phi) is 4.32. The van der Waals surface area contributed by atoms with Gasteiger partial charge in [0.1, 0.15) is 0 Å². The molecule has 20 heavy (non-hydrogen) atoms. The smallest absolute Gasteiger partial charge is 0.273 e. The number of anilines is 3. The molecule has 0 saturated carbocycles. The highest BCUT2D eigenvalue weighted by atomic mass is 35.5. The molecule has 2 aromatic carbocycles. The third-order valence-corrected chi connectivity index (χ3v) is 3.19. The Morgan fingerprint density at radius 2 is 1.80 bits per heavy atom. The molecule has 0 fully saturated rings. The first-order valence-corrected chi connectivity index (χ1v) is 6.44. The maximum atomic E-state index is 10.9. The molecule has 0 spiro atoms. The van der Waals surface area contributed by atoms with Crippen LogP contribution in [0.2, 0.25) is 10.0 Å². The number of nitrogens with one attached hydrogen (secondary N) is 2. The fourth-order valence-electron chi connectivity index (χ4n) is 1.68. The Morgan fingerprint density at radius 3 is 2.45 bits per heavy atom. The van der Waals surface area contributed by atoms with Crippen molar-refractivity contribution in [2.24, 2.45) is 0 Å². The minimum atomic E-state index is -0.453. The van der Waals surface area contributed by atoms with Crippen molar-refractivity contribution in [3.8, 4) is 0 Å². The van der Waals surface area contributed by atoms with Crippen molar-refractivity contribution in [2.45, 2.75) is 0 Å². The molecule has 0 radical (unpaired) electrons. The van der Waals surface area contributed by atoms with Gasteiger partial charge >= 0.3 is 0 Å². The van der Waals surface area contributed by atoms with Gasteiger partial charge in [-0.15, -0.1) is 0 Å². The van der Waals surface area contributed by atoms with Crippen LogP contribution < -0.4 is 10.6 Å². The van der Waals surface area contributed by atoms with Gasteiger partial charge in [0.2, 0.25) is 0 Å². The van der Waals surface area contributed by atoms with Crippen LogP contribution in [0.4, 0.5) is 22.7 Å². The van der Waals surface area contributed by atoms with Crippen LogP contribution in [-0.2, 0) is 0 Å². The lowest BCUT2D eigenvalue weighted by Crippen LogP contribution is -1.97. The van der Waals surface area contributed by atoms with Gasteiger partial charge in [0.25, 0.3) is 5.69 Å². The number of nitro benzene ring substituents is 1. The molecule has 0 aliphatic rings. The summed E-state index contributed by atoms with van der Waals surface area (Å²) in [6.07, 6.45) is 0. The third-order valence-electron chi connectivity index (χ3n) is 2.62. The van der Waals surface area contributed by atoms with Crippen molar-refractivity contribution in [1.82, 2.24) is 0 Å². The molecule has 0 aromatic heterocycles. The van der Waals surface area contributed by atoms with E-state index >= 15 is 0 Å². The molecule has 7 heteroatoms. The van der Waals surface area contributed by atoms with Crippen molar-refractivity contribution in [1.29, 1.82) is 0 Å². The van der Waals surface area contributed by atoms with E-state index in [9.17, 15) is 10.1 Å². The van der Waals surface area contributed by atoms with Gasteiger partial charge in [-0.1, -0.05) is 23.2 Å². The Labute approximate surface area is 125 Å². The van der Waals surface area contributed by atoms with Crippen LogP contribution in [0.25, 0.3) is 0 Å². The lowest BCUT2D eigenvalue weighted by Gasteiger charge is -2.10. The summed E-state index contributed by atoms with van der Waals surface area (Å²) in [5.41, 5.74) is 1.74.